The Kier molecular flexibility index (Phi) is 5.75. The minimum atomic E-state index is -0.274. The lowest BCUT2D eigenvalue weighted by Gasteiger charge is -2.14. The summed E-state index contributed by atoms with van der Waals surface area (Å²) in [5, 5.41) is 13.8. The van der Waals surface area contributed by atoms with Gasteiger partial charge in [0.2, 0.25) is 5.91 Å². The highest BCUT2D eigenvalue weighted by molar-refractivity contribution is 7.99. The summed E-state index contributed by atoms with van der Waals surface area (Å²) in [4.78, 5) is 30.7. The second-order valence-corrected chi connectivity index (χ2v) is 9.31. The molecule has 8 nitrogen and oxygen atoms in total. The Balaban J connectivity index is 1.40. The number of amides is 1. The van der Waals surface area contributed by atoms with Gasteiger partial charge in [0.05, 0.1) is 35.0 Å². The van der Waals surface area contributed by atoms with Crippen LogP contribution in [0.2, 0.25) is 0 Å². The second kappa shape index (κ2) is 8.88. The van der Waals surface area contributed by atoms with E-state index in [9.17, 15) is 14.9 Å². The Morgan fingerprint density at radius 1 is 1.26 bits per heavy atom. The molecule has 1 fully saturated rings. The van der Waals surface area contributed by atoms with Crippen LogP contribution in [0.1, 0.15) is 41.5 Å². The van der Waals surface area contributed by atoms with Crippen molar-refractivity contribution in [2.75, 3.05) is 11.1 Å². The normalized spacial score (nSPS) is 13.2. The first kappa shape index (κ1) is 22.0. The zero-order chi connectivity index (χ0) is 23.8. The molecule has 0 atom stereocenters. The summed E-state index contributed by atoms with van der Waals surface area (Å²) in [6.07, 6.45) is 3.46. The number of furan rings is 1. The Bertz CT molecular complexity index is 1490. The monoisotopic (exact) mass is 473 g/mol. The van der Waals surface area contributed by atoms with E-state index in [1.807, 2.05) is 42.7 Å². The Morgan fingerprint density at radius 2 is 2.06 bits per heavy atom. The van der Waals surface area contributed by atoms with Crippen LogP contribution in [0.3, 0.4) is 0 Å². The summed E-state index contributed by atoms with van der Waals surface area (Å²) in [6.45, 7) is 4.18. The number of nitriles is 1. The van der Waals surface area contributed by atoms with Gasteiger partial charge in [-0.2, -0.15) is 5.26 Å². The molecular weight excluding hydrogens is 450 g/mol. The van der Waals surface area contributed by atoms with E-state index in [1.165, 1.54) is 11.8 Å². The van der Waals surface area contributed by atoms with Gasteiger partial charge < -0.3 is 14.3 Å². The van der Waals surface area contributed by atoms with Gasteiger partial charge in [0.15, 0.2) is 5.16 Å². The number of anilines is 1. The van der Waals surface area contributed by atoms with Gasteiger partial charge >= 0.3 is 0 Å². The molecule has 5 rings (SSSR count). The number of nitrogens with zero attached hydrogens (tertiary/aromatic N) is 4. The van der Waals surface area contributed by atoms with Crippen LogP contribution in [0.25, 0.3) is 10.9 Å². The SMILES string of the molecule is Cc1c(C#N)c(NC(=O)CSc2nc3ccccc3c(=O)n2C2CC2)n(Cc2ccco2)c1C. The molecule has 3 heterocycles. The van der Waals surface area contributed by atoms with Crippen molar-refractivity contribution in [3.05, 3.63) is 75.6 Å². The first-order valence-corrected chi connectivity index (χ1v) is 12.0. The fourth-order valence-corrected chi connectivity index (χ4v) is 4.93. The van der Waals surface area contributed by atoms with E-state index in [-0.39, 0.29) is 23.3 Å². The van der Waals surface area contributed by atoms with Crippen molar-refractivity contribution in [3.63, 3.8) is 0 Å². The summed E-state index contributed by atoms with van der Waals surface area (Å²) in [6, 6.07) is 13.3. The number of nitrogens with one attached hydrogen (secondary N) is 1. The van der Waals surface area contributed by atoms with Crippen molar-refractivity contribution in [1.29, 1.82) is 5.26 Å². The number of aromatic nitrogens is 3. The molecule has 0 saturated heterocycles. The largest absolute Gasteiger partial charge is 0.467 e. The Hall–Kier alpha value is -3.77. The maximum absolute atomic E-state index is 13.0. The van der Waals surface area contributed by atoms with Crippen LogP contribution in [-0.2, 0) is 11.3 Å². The van der Waals surface area contributed by atoms with Gasteiger partial charge in [-0.05, 0) is 56.5 Å². The maximum Gasteiger partial charge on any atom is 0.262 e. The lowest BCUT2D eigenvalue weighted by atomic mass is 10.2. The van der Waals surface area contributed by atoms with Crippen LogP contribution in [0.15, 0.2) is 57.0 Å². The summed E-state index contributed by atoms with van der Waals surface area (Å²) < 4.78 is 9.06. The molecule has 0 aliphatic heterocycles. The van der Waals surface area contributed by atoms with E-state index in [0.29, 0.717) is 34.0 Å². The minimum Gasteiger partial charge on any atom is -0.467 e. The van der Waals surface area contributed by atoms with Gasteiger partial charge in [-0.25, -0.2) is 4.98 Å². The molecule has 1 aromatic carbocycles. The minimum absolute atomic E-state index is 0.0619. The Morgan fingerprint density at radius 3 is 2.76 bits per heavy atom. The number of thioether (sulfide) groups is 1. The molecule has 4 aromatic rings. The lowest BCUT2D eigenvalue weighted by Crippen LogP contribution is -2.24. The van der Waals surface area contributed by atoms with E-state index in [2.05, 4.69) is 16.4 Å². The van der Waals surface area contributed by atoms with Crippen LogP contribution in [0, 0.1) is 25.2 Å². The zero-order valence-corrected chi connectivity index (χ0v) is 19.7. The summed E-state index contributed by atoms with van der Waals surface area (Å²) in [5.41, 5.74) is 2.69. The second-order valence-electron chi connectivity index (χ2n) is 8.37. The van der Waals surface area contributed by atoms with Gasteiger partial charge in [-0.3, -0.25) is 14.2 Å². The number of hydrogen-bond acceptors (Lipinski definition) is 6. The predicted octanol–water partition coefficient (Wildman–Crippen LogP) is 4.39. The molecule has 0 radical (unpaired) electrons. The highest BCUT2D eigenvalue weighted by atomic mass is 32.2. The van der Waals surface area contributed by atoms with E-state index >= 15 is 0 Å². The van der Waals surface area contributed by atoms with Crippen molar-refractivity contribution in [2.24, 2.45) is 0 Å². The molecule has 1 N–H and O–H groups in total. The molecule has 3 aromatic heterocycles. The average molecular weight is 474 g/mol. The third kappa shape index (κ3) is 4.01. The number of rotatable bonds is 7. The van der Waals surface area contributed by atoms with Crippen molar-refractivity contribution in [3.8, 4) is 6.07 Å². The molecule has 1 aliphatic carbocycles. The van der Waals surface area contributed by atoms with Crippen LogP contribution < -0.4 is 10.9 Å². The molecule has 1 saturated carbocycles. The van der Waals surface area contributed by atoms with E-state index in [1.54, 1.807) is 23.0 Å². The molecule has 1 aliphatic rings. The zero-order valence-electron chi connectivity index (χ0n) is 18.9. The van der Waals surface area contributed by atoms with Gasteiger partial charge in [0.25, 0.3) is 5.56 Å². The number of hydrogen-bond donors (Lipinski definition) is 1. The number of benzene rings is 1. The van der Waals surface area contributed by atoms with E-state index < -0.39 is 0 Å². The number of para-hydroxylation sites is 1. The first-order chi connectivity index (χ1) is 16.5. The summed E-state index contributed by atoms with van der Waals surface area (Å²) in [7, 11) is 0. The van der Waals surface area contributed by atoms with Crippen LogP contribution in [0.5, 0.6) is 0 Å². The van der Waals surface area contributed by atoms with Gasteiger partial charge in [-0.15, -0.1) is 0 Å². The molecule has 0 bridgehead atoms. The third-order valence-electron chi connectivity index (χ3n) is 6.11. The van der Waals surface area contributed by atoms with Crippen LogP contribution >= 0.6 is 11.8 Å². The molecule has 1 amide bonds. The third-order valence-corrected chi connectivity index (χ3v) is 7.07. The summed E-state index contributed by atoms with van der Waals surface area (Å²) in [5.74, 6) is 0.961. The van der Waals surface area contributed by atoms with Crippen LogP contribution in [0.4, 0.5) is 5.82 Å². The van der Waals surface area contributed by atoms with E-state index in [0.717, 1.165) is 29.9 Å². The fraction of sp³-hybridized carbons (Fsp3) is 0.280. The smallest absolute Gasteiger partial charge is 0.262 e. The van der Waals surface area contributed by atoms with Gasteiger partial charge in [0, 0.05) is 11.7 Å². The quantitative estimate of drug-likeness (QED) is 0.315. The number of carbonyl (C=O) groups excluding carboxylic acids is 1. The molecule has 9 heteroatoms. The first-order valence-electron chi connectivity index (χ1n) is 11.0. The van der Waals surface area contributed by atoms with Crippen molar-refractivity contribution in [2.45, 2.75) is 44.4 Å². The molecule has 0 spiro atoms. The molecule has 34 heavy (non-hydrogen) atoms. The number of carbonyl (C=O) groups is 1. The highest BCUT2D eigenvalue weighted by Gasteiger charge is 2.29. The van der Waals surface area contributed by atoms with Gasteiger partial charge in [-0.1, -0.05) is 23.9 Å². The van der Waals surface area contributed by atoms with Crippen molar-refractivity contribution >= 4 is 34.4 Å². The maximum atomic E-state index is 13.0. The van der Waals surface area contributed by atoms with Crippen LogP contribution in [-0.4, -0.2) is 25.8 Å². The van der Waals surface area contributed by atoms with Gasteiger partial charge in [0.1, 0.15) is 17.6 Å². The van der Waals surface area contributed by atoms with Crippen molar-refractivity contribution in [1.82, 2.24) is 14.1 Å². The molecule has 0 unspecified atom stereocenters. The fourth-order valence-electron chi connectivity index (χ4n) is 4.07. The molecular formula is C25H23N5O3S. The number of fused-ring (bicyclic) bond motifs is 1. The topological polar surface area (TPSA) is 106 Å². The standard InChI is InChI=1S/C25H23N5O3S/c1-15-16(2)29(13-18-6-5-11-33-18)23(20(15)12-26)28-22(31)14-34-25-27-21-8-4-3-7-19(21)24(32)30(25)17-9-10-17/h3-8,11,17H,9-10,13-14H2,1-2H3,(H,28,31). The van der Waals surface area contributed by atoms with E-state index in [4.69, 9.17) is 4.42 Å². The van der Waals surface area contributed by atoms with Crippen molar-refractivity contribution < 1.29 is 9.21 Å². The molecule has 172 valence electrons. The predicted molar refractivity (Wildman–Crippen MR) is 130 cm³/mol. The lowest BCUT2D eigenvalue weighted by molar-refractivity contribution is -0.113. The summed E-state index contributed by atoms with van der Waals surface area (Å²) >= 11 is 1.24. The average Bonchev–Trinajstić information content (AvgIpc) is 3.49. The highest BCUT2D eigenvalue weighted by Crippen LogP contribution is 2.37. The Labute approximate surface area is 200 Å².